The van der Waals surface area contributed by atoms with Crippen molar-refractivity contribution >= 4 is 22.8 Å². The van der Waals surface area contributed by atoms with Gasteiger partial charge in [-0.15, -0.1) is 0 Å². The molecule has 0 aliphatic rings. The smallest absolute Gasteiger partial charge is 0.303 e. The van der Waals surface area contributed by atoms with Crippen LogP contribution in [-0.2, 0) is 16.0 Å². The summed E-state index contributed by atoms with van der Waals surface area (Å²) in [6, 6.07) is 5.68. The maximum Gasteiger partial charge on any atom is 0.303 e. The number of carbonyl (C=O) groups is 2. The fraction of sp³-hybridized carbons (Fsp3) is 0.375. The Labute approximate surface area is 128 Å². The van der Waals surface area contributed by atoms with E-state index in [1.807, 2.05) is 24.4 Å². The van der Waals surface area contributed by atoms with Gasteiger partial charge in [-0.3, -0.25) is 9.59 Å². The van der Waals surface area contributed by atoms with Crippen LogP contribution in [0, 0.1) is 0 Å². The van der Waals surface area contributed by atoms with Crippen LogP contribution in [0.25, 0.3) is 10.9 Å². The minimum absolute atomic E-state index is 0.0443. The van der Waals surface area contributed by atoms with Gasteiger partial charge in [0.1, 0.15) is 5.75 Å². The minimum Gasteiger partial charge on any atom is -0.496 e. The minimum atomic E-state index is -0.845. The zero-order chi connectivity index (χ0) is 16.1. The second-order valence-corrected chi connectivity index (χ2v) is 5.19. The van der Waals surface area contributed by atoms with Crippen LogP contribution in [0.3, 0.4) is 0 Å². The quantitative estimate of drug-likeness (QED) is 0.820. The lowest BCUT2D eigenvalue weighted by Gasteiger charge is -2.16. The number of fused-ring (bicyclic) bond motifs is 1. The van der Waals surface area contributed by atoms with Gasteiger partial charge in [-0.1, -0.05) is 6.07 Å². The van der Waals surface area contributed by atoms with E-state index >= 15 is 0 Å². The number of ether oxygens (including phenoxy) is 1. The first-order valence-corrected chi connectivity index (χ1v) is 7.11. The van der Waals surface area contributed by atoms with Gasteiger partial charge in [-0.25, -0.2) is 0 Å². The monoisotopic (exact) mass is 304 g/mol. The van der Waals surface area contributed by atoms with Crippen molar-refractivity contribution in [2.45, 2.75) is 19.3 Å². The molecule has 118 valence electrons. The SMILES string of the molecule is COc1cccc2[nH]cc(CC(=O)N(C)CCCC(=O)O)c12. The van der Waals surface area contributed by atoms with E-state index in [4.69, 9.17) is 9.84 Å². The van der Waals surface area contributed by atoms with Gasteiger partial charge in [-0.05, 0) is 24.1 Å². The first kappa shape index (κ1) is 15.9. The molecule has 1 amide bonds. The summed E-state index contributed by atoms with van der Waals surface area (Å²) < 4.78 is 5.35. The van der Waals surface area contributed by atoms with E-state index in [0.717, 1.165) is 22.2 Å². The molecule has 0 atom stereocenters. The van der Waals surface area contributed by atoms with Crippen molar-refractivity contribution in [2.75, 3.05) is 20.7 Å². The maximum atomic E-state index is 12.3. The number of carboxylic acids is 1. The van der Waals surface area contributed by atoms with Gasteiger partial charge in [-0.2, -0.15) is 0 Å². The van der Waals surface area contributed by atoms with Crippen LogP contribution in [0.4, 0.5) is 0 Å². The molecule has 0 unspecified atom stereocenters. The Morgan fingerprint density at radius 1 is 1.36 bits per heavy atom. The molecule has 0 radical (unpaired) electrons. The highest BCUT2D eigenvalue weighted by molar-refractivity contribution is 5.93. The molecule has 1 aromatic carbocycles. The summed E-state index contributed by atoms with van der Waals surface area (Å²) in [5.41, 5.74) is 1.80. The molecule has 1 heterocycles. The molecule has 22 heavy (non-hydrogen) atoms. The summed E-state index contributed by atoms with van der Waals surface area (Å²) in [5, 5.41) is 9.54. The van der Waals surface area contributed by atoms with E-state index in [0.29, 0.717) is 13.0 Å². The van der Waals surface area contributed by atoms with Gasteiger partial charge in [0.2, 0.25) is 5.91 Å². The first-order valence-electron chi connectivity index (χ1n) is 7.11. The van der Waals surface area contributed by atoms with Crippen molar-refractivity contribution in [1.82, 2.24) is 9.88 Å². The summed E-state index contributed by atoms with van der Waals surface area (Å²) in [5.74, 6) is -0.158. The van der Waals surface area contributed by atoms with E-state index in [2.05, 4.69) is 4.98 Å². The number of hydrogen-bond donors (Lipinski definition) is 2. The first-order chi connectivity index (χ1) is 10.5. The van der Waals surface area contributed by atoms with Crippen LogP contribution in [0.1, 0.15) is 18.4 Å². The van der Waals surface area contributed by atoms with Crippen LogP contribution < -0.4 is 4.74 Å². The maximum absolute atomic E-state index is 12.3. The molecule has 2 aromatic rings. The molecular weight excluding hydrogens is 284 g/mol. The highest BCUT2D eigenvalue weighted by atomic mass is 16.5. The van der Waals surface area contributed by atoms with Crippen molar-refractivity contribution in [2.24, 2.45) is 0 Å². The number of nitrogens with one attached hydrogen (secondary N) is 1. The zero-order valence-corrected chi connectivity index (χ0v) is 12.8. The Morgan fingerprint density at radius 3 is 2.82 bits per heavy atom. The number of amides is 1. The molecular formula is C16H20N2O4. The number of aromatic nitrogens is 1. The van der Waals surface area contributed by atoms with E-state index in [-0.39, 0.29) is 18.7 Å². The normalized spacial score (nSPS) is 10.6. The lowest BCUT2D eigenvalue weighted by Crippen LogP contribution is -2.29. The second kappa shape index (κ2) is 6.98. The Morgan fingerprint density at radius 2 is 2.14 bits per heavy atom. The molecule has 0 bridgehead atoms. The van der Waals surface area contributed by atoms with Gasteiger partial charge >= 0.3 is 5.97 Å². The third-order valence-corrected chi connectivity index (χ3v) is 3.62. The number of nitrogens with zero attached hydrogens (tertiary/aromatic N) is 1. The number of aliphatic carboxylic acids is 1. The molecule has 0 saturated heterocycles. The number of hydrogen-bond acceptors (Lipinski definition) is 3. The Kier molecular flexibility index (Phi) is 5.04. The molecule has 2 N–H and O–H groups in total. The fourth-order valence-corrected chi connectivity index (χ4v) is 2.42. The number of benzene rings is 1. The number of aromatic amines is 1. The third kappa shape index (κ3) is 3.58. The van der Waals surface area contributed by atoms with Gasteiger partial charge < -0.3 is 19.7 Å². The fourth-order valence-electron chi connectivity index (χ4n) is 2.42. The largest absolute Gasteiger partial charge is 0.496 e. The predicted molar refractivity (Wildman–Crippen MR) is 83.1 cm³/mol. The van der Waals surface area contributed by atoms with Crippen LogP contribution in [-0.4, -0.2) is 47.6 Å². The van der Waals surface area contributed by atoms with E-state index < -0.39 is 5.97 Å². The molecule has 0 spiro atoms. The Balaban J connectivity index is 2.07. The number of likely N-dealkylation sites (N-methyl/N-ethyl adjacent to an activating group) is 1. The number of methoxy groups -OCH3 is 1. The topological polar surface area (TPSA) is 82.6 Å². The summed E-state index contributed by atoms with van der Waals surface area (Å²) in [6.07, 6.45) is 2.59. The van der Waals surface area contributed by atoms with Crippen molar-refractivity contribution < 1.29 is 19.4 Å². The second-order valence-electron chi connectivity index (χ2n) is 5.19. The van der Waals surface area contributed by atoms with Crippen LogP contribution in [0.15, 0.2) is 24.4 Å². The molecule has 0 saturated carbocycles. The molecule has 1 aromatic heterocycles. The lowest BCUT2D eigenvalue weighted by atomic mass is 10.1. The van der Waals surface area contributed by atoms with E-state index in [9.17, 15) is 9.59 Å². The van der Waals surface area contributed by atoms with Gasteiger partial charge in [0.15, 0.2) is 0 Å². The average Bonchev–Trinajstić information content (AvgIpc) is 2.90. The van der Waals surface area contributed by atoms with Gasteiger partial charge in [0.05, 0.1) is 13.5 Å². The summed E-state index contributed by atoms with van der Waals surface area (Å²) in [4.78, 5) is 27.5. The molecule has 0 fully saturated rings. The molecule has 6 heteroatoms. The third-order valence-electron chi connectivity index (χ3n) is 3.62. The predicted octanol–water partition coefficient (Wildman–Crippen LogP) is 2.04. The van der Waals surface area contributed by atoms with Crippen molar-refractivity contribution in [1.29, 1.82) is 0 Å². The van der Waals surface area contributed by atoms with Crippen molar-refractivity contribution in [3.8, 4) is 5.75 Å². The van der Waals surface area contributed by atoms with Crippen molar-refractivity contribution in [3.63, 3.8) is 0 Å². The van der Waals surface area contributed by atoms with Crippen LogP contribution >= 0.6 is 0 Å². The van der Waals surface area contributed by atoms with Crippen molar-refractivity contribution in [3.05, 3.63) is 30.0 Å². The summed E-state index contributed by atoms with van der Waals surface area (Å²) in [7, 11) is 3.29. The lowest BCUT2D eigenvalue weighted by molar-refractivity contribution is -0.138. The molecule has 2 rings (SSSR count). The number of rotatable bonds is 7. The summed E-state index contributed by atoms with van der Waals surface area (Å²) >= 11 is 0. The highest BCUT2D eigenvalue weighted by Gasteiger charge is 2.15. The number of carbonyl (C=O) groups excluding carboxylic acids is 1. The number of carboxylic acid groups (broad SMARTS) is 1. The number of H-pyrrole nitrogens is 1. The van der Waals surface area contributed by atoms with E-state index in [1.54, 1.807) is 19.1 Å². The van der Waals surface area contributed by atoms with Gasteiger partial charge in [0, 0.05) is 37.1 Å². The highest BCUT2D eigenvalue weighted by Crippen LogP contribution is 2.28. The Bertz CT molecular complexity index is 678. The Hall–Kier alpha value is -2.50. The van der Waals surface area contributed by atoms with Gasteiger partial charge in [0.25, 0.3) is 0 Å². The zero-order valence-electron chi connectivity index (χ0n) is 12.8. The molecule has 0 aliphatic heterocycles. The average molecular weight is 304 g/mol. The van der Waals surface area contributed by atoms with Crippen LogP contribution in [0.2, 0.25) is 0 Å². The summed E-state index contributed by atoms with van der Waals surface area (Å²) in [6.45, 7) is 0.435. The molecule has 0 aliphatic carbocycles. The standard InChI is InChI=1S/C16H20N2O4/c1-18(8-4-7-15(20)21)14(19)9-11-10-17-12-5-3-6-13(22-2)16(11)12/h3,5-6,10,17H,4,7-9H2,1-2H3,(H,20,21). The van der Waals surface area contributed by atoms with Crippen LogP contribution in [0.5, 0.6) is 5.75 Å². The van der Waals surface area contributed by atoms with E-state index in [1.165, 1.54) is 0 Å². The molecule has 6 nitrogen and oxygen atoms in total.